The number of guanidine groups is 1. The van der Waals surface area contributed by atoms with Gasteiger partial charge in [-0.2, -0.15) is 22.6 Å². The van der Waals surface area contributed by atoms with Crippen LogP contribution >= 0.6 is 0 Å². The van der Waals surface area contributed by atoms with Crippen LogP contribution in [-0.2, 0) is 4.79 Å². The number of rotatable bonds is 3. The average molecular weight is 343 g/mol. The molecular formula is C15H13F4N3O2. The number of carbonyl (C=O) groups excluding carboxylic acids is 1. The van der Waals surface area contributed by atoms with E-state index in [-0.39, 0.29) is 5.75 Å². The Labute approximate surface area is 134 Å². The minimum atomic E-state index is -5.00. The molecule has 2 atom stereocenters. The average Bonchev–Trinajstić information content (AvgIpc) is 2.46. The van der Waals surface area contributed by atoms with Crippen LogP contribution in [-0.4, -0.2) is 23.9 Å². The number of carbonyl (C=O) groups is 1. The molecule has 0 aliphatic heterocycles. The third kappa shape index (κ3) is 3.92. The molecule has 2 unspecified atom stereocenters. The summed E-state index contributed by atoms with van der Waals surface area (Å²) < 4.78 is 59.5. The van der Waals surface area contributed by atoms with Gasteiger partial charge in [0.25, 0.3) is 11.8 Å². The zero-order chi connectivity index (χ0) is 18.0. The number of amides is 1. The molecule has 1 aromatic rings. The predicted octanol–water partition coefficient (Wildman–Crippen LogP) is 2.21. The molecule has 1 aromatic carbocycles. The lowest BCUT2D eigenvalue weighted by Gasteiger charge is -2.33. The van der Waals surface area contributed by atoms with E-state index in [1.807, 2.05) is 0 Å². The van der Waals surface area contributed by atoms with Crippen molar-refractivity contribution in [3.63, 3.8) is 0 Å². The van der Waals surface area contributed by atoms with Gasteiger partial charge in [0, 0.05) is 5.57 Å². The summed E-state index contributed by atoms with van der Waals surface area (Å²) in [5, 5.41) is 0. The zero-order valence-corrected chi connectivity index (χ0v) is 12.1. The molecular weight excluding hydrogens is 330 g/mol. The Morgan fingerprint density at radius 3 is 2.38 bits per heavy atom. The van der Waals surface area contributed by atoms with Gasteiger partial charge in [0.05, 0.1) is 0 Å². The summed E-state index contributed by atoms with van der Waals surface area (Å²) in [6.45, 7) is 0. The molecule has 9 heteroatoms. The molecule has 4 N–H and O–H groups in total. The molecule has 0 radical (unpaired) electrons. The number of para-hydroxylation sites is 1. The molecule has 24 heavy (non-hydrogen) atoms. The van der Waals surface area contributed by atoms with Gasteiger partial charge in [0.1, 0.15) is 11.7 Å². The largest absolute Gasteiger partial charge is 0.453 e. The Bertz CT molecular complexity index is 709. The lowest BCUT2D eigenvalue weighted by atomic mass is 9.90. The summed E-state index contributed by atoms with van der Waals surface area (Å²) in [7, 11) is 0. The normalized spacial score (nSPS) is 23.3. The number of benzene rings is 1. The van der Waals surface area contributed by atoms with Gasteiger partial charge >= 0.3 is 6.18 Å². The third-order valence-corrected chi connectivity index (χ3v) is 3.11. The van der Waals surface area contributed by atoms with E-state index < -0.39 is 35.4 Å². The van der Waals surface area contributed by atoms with E-state index in [1.54, 1.807) is 6.07 Å². The fraction of sp³-hybridized carbons (Fsp3) is 0.200. The monoisotopic (exact) mass is 343 g/mol. The number of nitrogens with two attached hydrogens (primary N) is 2. The summed E-state index contributed by atoms with van der Waals surface area (Å²) in [4.78, 5) is 14.8. The highest BCUT2D eigenvalue weighted by Gasteiger charge is 2.55. The molecule has 1 aliphatic carbocycles. The molecule has 2 rings (SSSR count). The van der Waals surface area contributed by atoms with Crippen LogP contribution in [0.25, 0.3) is 0 Å². The predicted molar refractivity (Wildman–Crippen MR) is 78.5 cm³/mol. The van der Waals surface area contributed by atoms with Gasteiger partial charge in [-0.05, 0) is 24.3 Å². The van der Waals surface area contributed by atoms with E-state index in [4.69, 9.17) is 16.2 Å². The number of ether oxygens (including phenoxy) is 1. The molecule has 0 fully saturated rings. The molecule has 0 spiro atoms. The van der Waals surface area contributed by atoms with Crippen molar-refractivity contribution in [2.75, 3.05) is 0 Å². The first-order valence-electron chi connectivity index (χ1n) is 6.66. The minimum absolute atomic E-state index is 0.0914. The Kier molecular flexibility index (Phi) is 4.63. The van der Waals surface area contributed by atoms with E-state index in [0.29, 0.717) is 12.2 Å². The maximum Gasteiger partial charge on any atom is 0.402 e. The van der Waals surface area contributed by atoms with E-state index in [9.17, 15) is 22.4 Å². The number of halogens is 4. The van der Waals surface area contributed by atoms with Crippen LogP contribution in [0.3, 0.4) is 0 Å². The van der Waals surface area contributed by atoms with Gasteiger partial charge < -0.3 is 16.2 Å². The van der Waals surface area contributed by atoms with Crippen molar-refractivity contribution in [3.05, 3.63) is 54.1 Å². The van der Waals surface area contributed by atoms with Crippen molar-refractivity contribution in [1.29, 1.82) is 0 Å². The van der Waals surface area contributed by atoms with Gasteiger partial charge in [0.15, 0.2) is 5.96 Å². The van der Waals surface area contributed by atoms with Crippen molar-refractivity contribution in [2.45, 2.75) is 12.0 Å². The lowest BCUT2D eigenvalue weighted by molar-refractivity contribution is -0.223. The summed E-state index contributed by atoms with van der Waals surface area (Å²) in [6, 6.07) is 7.19. The second kappa shape index (κ2) is 6.34. The Hall–Kier alpha value is -2.84. The third-order valence-electron chi connectivity index (χ3n) is 3.11. The maximum atomic E-state index is 14.8. The van der Waals surface area contributed by atoms with E-state index in [2.05, 4.69) is 4.99 Å². The molecule has 0 heterocycles. The highest BCUT2D eigenvalue weighted by atomic mass is 19.4. The Morgan fingerprint density at radius 2 is 1.83 bits per heavy atom. The second-order valence-corrected chi connectivity index (χ2v) is 4.93. The van der Waals surface area contributed by atoms with Crippen LogP contribution in [0.2, 0.25) is 0 Å². The van der Waals surface area contributed by atoms with Crippen molar-refractivity contribution >= 4 is 11.9 Å². The van der Waals surface area contributed by atoms with Gasteiger partial charge in [-0.15, -0.1) is 0 Å². The van der Waals surface area contributed by atoms with Crippen molar-refractivity contribution in [3.8, 4) is 5.75 Å². The van der Waals surface area contributed by atoms with Crippen LogP contribution < -0.4 is 16.2 Å². The number of alkyl halides is 4. The van der Waals surface area contributed by atoms with Crippen LogP contribution in [0.4, 0.5) is 17.6 Å². The van der Waals surface area contributed by atoms with Crippen LogP contribution in [0.15, 0.2) is 59.1 Å². The van der Waals surface area contributed by atoms with Crippen LogP contribution in [0.5, 0.6) is 5.75 Å². The van der Waals surface area contributed by atoms with E-state index >= 15 is 0 Å². The quantitative estimate of drug-likeness (QED) is 0.500. The highest BCUT2D eigenvalue weighted by Crippen LogP contribution is 2.43. The first-order valence-corrected chi connectivity index (χ1v) is 6.66. The molecule has 0 saturated carbocycles. The van der Waals surface area contributed by atoms with Crippen LogP contribution in [0, 0.1) is 5.92 Å². The second-order valence-electron chi connectivity index (χ2n) is 4.93. The summed E-state index contributed by atoms with van der Waals surface area (Å²) >= 11 is 0. The molecule has 5 nitrogen and oxygen atoms in total. The fourth-order valence-corrected chi connectivity index (χ4v) is 2.06. The smallest absolute Gasteiger partial charge is 0.402 e. The van der Waals surface area contributed by atoms with E-state index in [1.165, 1.54) is 24.3 Å². The molecule has 1 aliphatic rings. The minimum Gasteiger partial charge on any atom is -0.453 e. The summed E-state index contributed by atoms with van der Waals surface area (Å²) in [6.07, 6.45) is -3.23. The summed E-state index contributed by atoms with van der Waals surface area (Å²) in [5.41, 5.74) is 9.53. The summed E-state index contributed by atoms with van der Waals surface area (Å²) in [5.74, 6) is -7.73. The number of hydrogen-bond donors (Lipinski definition) is 2. The molecule has 0 bridgehead atoms. The van der Waals surface area contributed by atoms with E-state index in [0.717, 1.165) is 6.08 Å². The Balaban J connectivity index is 2.37. The number of hydrogen-bond acceptors (Lipinski definition) is 2. The molecule has 128 valence electrons. The van der Waals surface area contributed by atoms with Crippen LogP contribution in [0.1, 0.15) is 0 Å². The molecule has 0 saturated heterocycles. The SMILES string of the molecule is NC(N)=NC(=O)C1=CC(C(F)(F)F)C(F)(Oc2ccccc2)C=C1. The first-order chi connectivity index (χ1) is 11.1. The highest BCUT2D eigenvalue weighted by molar-refractivity contribution is 6.03. The Morgan fingerprint density at radius 1 is 1.21 bits per heavy atom. The van der Waals surface area contributed by atoms with Gasteiger partial charge in [-0.3, -0.25) is 4.79 Å². The van der Waals surface area contributed by atoms with Crippen molar-refractivity contribution < 1.29 is 27.1 Å². The molecule has 0 aromatic heterocycles. The van der Waals surface area contributed by atoms with Gasteiger partial charge in [0.2, 0.25) is 0 Å². The van der Waals surface area contributed by atoms with Gasteiger partial charge in [-0.25, -0.2) is 0 Å². The van der Waals surface area contributed by atoms with Crippen molar-refractivity contribution in [1.82, 2.24) is 0 Å². The number of nitrogens with zero attached hydrogens (tertiary/aromatic N) is 1. The maximum absolute atomic E-state index is 14.8. The first kappa shape index (κ1) is 17.5. The fourth-order valence-electron chi connectivity index (χ4n) is 2.06. The number of aliphatic imine (C=N–C) groups is 1. The molecule has 1 amide bonds. The van der Waals surface area contributed by atoms with Crippen molar-refractivity contribution in [2.24, 2.45) is 22.4 Å². The standard InChI is InChI=1S/C15H13F4N3O2/c16-14(24-10-4-2-1-3-5-10)7-6-9(12(23)22-13(20)21)8-11(14)15(17,18)19/h1-8,11H,(H4,20,21,22,23). The topological polar surface area (TPSA) is 90.7 Å². The lowest BCUT2D eigenvalue weighted by Crippen LogP contribution is -2.46. The zero-order valence-electron chi connectivity index (χ0n) is 12.1. The van der Waals surface area contributed by atoms with Gasteiger partial charge in [-0.1, -0.05) is 24.3 Å².